The van der Waals surface area contributed by atoms with E-state index in [4.69, 9.17) is 4.99 Å². The van der Waals surface area contributed by atoms with Gasteiger partial charge in [-0.15, -0.1) is 11.3 Å². The molecule has 0 unspecified atom stereocenters. The lowest BCUT2D eigenvalue weighted by atomic mass is 9.72. The van der Waals surface area contributed by atoms with Gasteiger partial charge in [0.2, 0.25) is 0 Å². The van der Waals surface area contributed by atoms with E-state index in [0.29, 0.717) is 11.5 Å². The van der Waals surface area contributed by atoms with Crippen LogP contribution < -0.4 is 5.32 Å². The maximum atomic E-state index is 13.6. The second-order valence-electron chi connectivity index (χ2n) is 11.6. The number of aliphatic imine (C=N–C) groups is 1. The normalized spacial score (nSPS) is 15.3. The summed E-state index contributed by atoms with van der Waals surface area (Å²) in [5.41, 5.74) is 6.90. The molecule has 1 atom stereocenters. The van der Waals surface area contributed by atoms with Crippen molar-refractivity contribution in [2.45, 2.75) is 53.9 Å². The second kappa shape index (κ2) is 10.9. The molecule has 6 nitrogen and oxygen atoms in total. The van der Waals surface area contributed by atoms with Gasteiger partial charge in [-0.2, -0.15) is 0 Å². The number of amides is 1. The Balaban J connectivity index is 1.50. The number of carboxylic acid groups (broad SMARTS) is 1. The number of anilines is 1. The van der Waals surface area contributed by atoms with Crippen LogP contribution in [0.5, 0.6) is 0 Å². The number of para-hydroxylation sites is 1. The first-order valence-electron chi connectivity index (χ1n) is 13.6. The molecule has 4 aromatic rings. The molecule has 1 amide bonds. The van der Waals surface area contributed by atoms with E-state index in [-0.39, 0.29) is 16.9 Å². The summed E-state index contributed by atoms with van der Waals surface area (Å²) < 4.78 is 2.09. The van der Waals surface area contributed by atoms with Gasteiger partial charge in [0.1, 0.15) is 5.00 Å². The smallest absolute Gasteiger partial charge is 0.335 e. The topological polar surface area (TPSA) is 83.7 Å². The van der Waals surface area contributed by atoms with Crippen LogP contribution in [0.4, 0.5) is 10.7 Å². The van der Waals surface area contributed by atoms with Crippen LogP contribution in [-0.2, 0) is 12.8 Å². The van der Waals surface area contributed by atoms with Crippen molar-refractivity contribution < 1.29 is 14.7 Å². The van der Waals surface area contributed by atoms with Crippen molar-refractivity contribution in [3.63, 3.8) is 0 Å². The third kappa shape index (κ3) is 5.52. The van der Waals surface area contributed by atoms with Crippen LogP contribution in [0.1, 0.15) is 75.3 Å². The van der Waals surface area contributed by atoms with Crippen LogP contribution in [0, 0.1) is 25.2 Å². The fourth-order valence-electron chi connectivity index (χ4n) is 5.55. The SMILES string of the molecule is Cc1cc(C=Nc2sc3c(c2C(=O)Nc2ccccc2)CC[C@H](C(C)(C)C)C3)c(C)n1-c1ccc(C(=O)O)cc1. The number of carboxylic acids is 1. The molecule has 0 radical (unpaired) electrons. The number of aryl methyl sites for hydroxylation is 1. The first-order chi connectivity index (χ1) is 19.0. The van der Waals surface area contributed by atoms with Gasteiger partial charge < -0.3 is 15.0 Å². The summed E-state index contributed by atoms with van der Waals surface area (Å²) in [5.74, 6) is -0.499. The van der Waals surface area contributed by atoms with Gasteiger partial charge in [-0.05, 0) is 92.5 Å². The van der Waals surface area contributed by atoms with E-state index in [1.807, 2.05) is 62.5 Å². The van der Waals surface area contributed by atoms with E-state index in [1.165, 1.54) is 4.88 Å². The molecular formula is C33H35N3O3S. The molecule has 1 aliphatic rings. The van der Waals surface area contributed by atoms with Crippen molar-refractivity contribution in [1.82, 2.24) is 4.57 Å². The van der Waals surface area contributed by atoms with Crippen LogP contribution in [0.25, 0.3) is 5.69 Å². The van der Waals surface area contributed by atoms with Crippen LogP contribution in [0.3, 0.4) is 0 Å². The van der Waals surface area contributed by atoms with Gasteiger partial charge in [-0.1, -0.05) is 39.0 Å². The average Bonchev–Trinajstić information content (AvgIpc) is 3.42. The van der Waals surface area contributed by atoms with E-state index in [9.17, 15) is 14.7 Å². The highest BCUT2D eigenvalue weighted by molar-refractivity contribution is 7.16. The Hall–Kier alpha value is -3.97. The first-order valence-corrected chi connectivity index (χ1v) is 14.4. The summed E-state index contributed by atoms with van der Waals surface area (Å²) in [6.45, 7) is 10.9. The number of carbonyl (C=O) groups excluding carboxylic acids is 1. The highest BCUT2D eigenvalue weighted by Gasteiger charge is 2.33. The minimum atomic E-state index is -0.945. The predicted octanol–water partition coefficient (Wildman–Crippen LogP) is 8.01. The van der Waals surface area contributed by atoms with Crippen LogP contribution >= 0.6 is 11.3 Å². The molecule has 40 heavy (non-hydrogen) atoms. The van der Waals surface area contributed by atoms with Gasteiger partial charge >= 0.3 is 5.97 Å². The van der Waals surface area contributed by atoms with Gasteiger partial charge in [-0.3, -0.25) is 4.79 Å². The predicted molar refractivity (Wildman–Crippen MR) is 163 cm³/mol. The van der Waals surface area contributed by atoms with Crippen molar-refractivity contribution in [3.8, 4) is 5.69 Å². The highest BCUT2D eigenvalue weighted by atomic mass is 32.1. The molecular weight excluding hydrogens is 518 g/mol. The van der Waals surface area contributed by atoms with E-state index >= 15 is 0 Å². The zero-order valence-electron chi connectivity index (χ0n) is 23.6. The molecule has 5 rings (SSSR count). The maximum Gasteiger partial charge on any atom is 0.335 e. The lowest BCUT2D eigenvalue weighted by Gasteiger charge is -2.33. The number of aromatic carboxylic acids is 1. The van der Waals surface area contributed by atoms with Gasteiger partial charge in [-0.25, -0.2) is 9.79 Å². The number of hydrogen-bond donors (Lipinski definition) is 2. The molecule has 0 bridgehead atoms. The summed E-state index contributed by atoms with van der Waals surface area (Å²) in [6, 6.07) is 18.5. The van der Waals surface area contributed by atoms with Gasteiger partial charge in [0.05, 0.1) is 11.1 Å². The summed E-state index contributed by atoms with van der Waals surface area (Å²) in [6.07, 6.45) is 4.75. The number of nitrogens with zero attached hydrogens (tertiary/aromatic N) is 2. The summed E-state index contributed by atoms with van der Waals surface area (Å²) in [4.78, 5) is 31.1. The van der Waals surface area contributed by atoms with Crippen LogP contribution in [0.15, 0.2) is 65.7 Å². The van der Waals surface area contributed by atoms with E-state index in [1.54, 1.807) is 23.5 Å². The van der Waals surface area contributed by atoms with Crippen LogP contribution in [-0.4, -0.2) is 27.8 Å². The monoisotopic (exact) mass is 553 g/mol. The largest absolute Gasteiger partial charge is 0.478 e. The second-order valence-corrected chi connectivity index (χ2v) is 12.7. The molecule has 2 aromatic heterocycles. The highest BCUT2D eigenvalue weighted by Crippen LogP contribution is 2.45. The summed E-state index contributed by atoms with van der Waals surface area (Å²) in [7, 11) is 0. The zero-order chi connectivity index (χ0) is 28.6. The number of benzene rings is 2. The minimum absolute atomic E-state index is 0.117. The Labute approximate surface area is 239 Å². The molecule has 0 saturated carbocycles. The molecule has 206 valence electrons. The van der Waals surface area contributed by atoms with Gasteiger partial charge in [0.15, 0.2) is 0 Å². The molecule has 0 aliphatic heterocycles. The number of aromatic nitrogens is 1. The third-order valence-electron chi connectivity index (χ3n) is 7.89. The number of nitrogens with one attached hydrogen (secondary N) is 1. The van der Waals surface area contributed by atoms with Gasteiger partial charge in [0.25, 0.3) is 5.91 Å². The lowest BCUT2D eigenvalue weighted by Crippen LogP contribution is -2.27. The molecule has 2 aromatic carbocycles. The number of rotatable bonds is 6. The molecule has 2 heterocycles. The number of carbonyl (C=O) groups is 2. The van der Waals surface area contributed by atoms with Crippen molar-refractivity contribution >= 4 is 40.1 Å². The Bertz CT molecular complexity index is 1590. The van der Waals surface area contributed by atoms with E-state index < -0.39 is 5.97 Å². The summed E-state index contributed by atoms with van der Waals surface area (Å²) in [5, 5.41) is 13.1. The minimum Gasteiger partial charge on any atom is -0.478 e. The Kier molecular flexibility index (Phi) is 7.51. The molecule has 7 heteroatoms. The molecule has 0 spiro atoms. The van der Waals surface area contributed by atoms with Crippen molar-refractivity contribution in [2.75, 3.05) is 5.32 Å². The number of thiophene rings is 1. The van der Waals surface area contributed by atoms with Crippen molar-refractivity contribution in [1.29, 1.82) is 0 Å². The molecule has 1 aliphatic carbocycles. The standard InChI is InChI=1S/C33H35N3O3S/c1-20-17-23(21(2)36(20)26-14-11-22(12-15-26)32(38)39)19-34-31-29(30(37)35-25-9-7-6-8-10-25)27-16-13-24(33(3,4)5)18-28(27)40-31/h6-12,14-15,17,19,24H,13,16,18H2,1-5H3,(H,35,37)(H,38,39)/t24-/m0/s1. The fourth-order valence-corrected chi connectivity index (χ4v) is 6.82. The quantitative estimate of drug-likeness (QED) is 0.237. The Morgan fingerprint density at radius 2 is 1.77 bits per heavy atom. The Morgan fingerprint density at radius 1 is 1.07 bits per heavy atom. The van der Waals surface area contributed by atoms with E-state index in [2.05, 4.69) is 36.7 Å². The van der Waals surface area contributed by atoms with Crippen molar-refractivity contribution in [2.24, 2.45) is 16.3 Å². The zero-order valence-corrected chi connectivity index (χ0v) is 24.4. The van der Waals surface area contributed by atoms with Crippen molar-refractivity contribution in [3.05, 3.63) is 99.2 Å². The van der Waals surface area contributed by atoms with Gasteiger partial charge in [0, 0.05) is 39.4 Å². The molecule has 2 N–H and O–H groups in total. The lowest BCUT2D eigenvalue weighted by molar-refractivity contribution is 0.0696. The maximum absolute atomic E-state index is 13.6. The Morgan fingerprint density at radius 3 is 2.42 bits per heavy atom. The summed E-state index contributed by atoms with van der Waals surface area (Å²) >= 11 is 1.64. The number of fused-ring (bicyclic) bond motifs is 1. The number of hydrogen-bond acceptors (Lipinski definition) is 4. The van der Waals surface area contributed by atoms with E-state index in [0.717, 1.165) is 58.2 Å². The van der Waals surface area contributed by atoms with Crippen LogP contribution in [0.2, 0.25) is 0 Å². The third-order valence-corrected chi connectivity index (χ3v) is 9.06. The average molecular weight is 554 g/mol. The molecule has 0 fully saturated rings. The first kappa shape index (κ1) is 27.6. The molecule has 0 saturated heterocycles. The fraction of sp³-hybridized carbons (Fsp3) is 0.303.